The molecule has 0 spiro atoms. The van der Waals surface area contributed by atoms with Gasteiger partial charge in [-0.2, -0.15) is 0 Å². The van der Waals surface area contributed by atoms with Gasteiger partial charge in [-0.3, -0.25) is 19.7 Å². The van der Waals surface area contributed by atoms with E-state index in [1.165, 1.54) is 40.5 Å². The number of nitro benzene ring substituents is 1. The Morgan fingerprint density at radius 2 is 2.15 bits per heavy atom. The largest absolute Gasteiger partial charge is 0.329 e. The standard InChI is InChI=1S/C17H20N4O4S/c1-2-3-4-9-20(12-15(22)19-17-18-8-10-26-17)16(23)13-6-5-7-14(11-13)21(24)25/h5-8,10-11H,2-4,9,12H2,1H3,(H,18,19,22). The maximum Gasteiger partial charge on any atom is 0.270 e. The minimum atomic E-state index is -0.548. The van der Waals surface area contributed by atoms with E-state index in [0.717, 1.165) is 19.3 Å². The quantitative estimate of drug-likeness (QED) is 0.410. The van der Waals surface area contributed by atoms with Crippen molar-refractivity contribution in [3.8, 4) is 0 Å². The molecule has 1 N–H and O–H groups in total. The van der Waals surface area contributed by atoms with E-state index in [2.05, 4.69) is 10.3 Å². The van der Waals surface area contributed by atoms with E-state index < -0.39 is 10.8 Å². The zero-order valence-electron chi connectivity index (χ0n) is 14.4. The molecule has 0 saturated carbocycles. The van der Waals surface area contributed by atoms with Crippen LogP contribution < -0.4 is 5.32 Å². The van der Waals surface area contributed by atoms with Crippen molar-refractivity contribution in [2.75, 3.05) is 18.4 Å². The first kappa shape index (κ1) is 19.5. The molecule has 0 unspecified atom stereocenters. The molecule has 1 heterocycles. The van der Waals surface area contributed by atoms with Crippen LogP contribution in [0.1, 0.15) is 36.5 Å². The fourth-order valence-corrected chi connectivity index (χ4v) is 2.90. The number of hydrogen-bond acceptors (Lipinski definition) is 6. The lowest BCUT2D eigenvalue weighted by Crippen LogP contribution is -2.38. The Morgan fingerprint density at radius 1 is 1.35 bits per heavy atom. The zero-order valence-corrected chi connectivity index (χ0v) is 15.2. The van der Waals surface area contributed by atoms with E-state index in [-0.39, 0.29) is 23.7 Å². The van der Waals surface area contributed by atoms with Crippen molar-refractivity contribution in [1.82, 2.24) is 9.88 Å². The molecule has 0 aliphatic heterocycles. The summed E-state index contributed by atoms with van der Waals surface area (Å²) in [6, 6.07) is 5.54. The summed E-state index contributed by atoms with van der Waals surface area (Å²) in [5.41, 5.74) is 0.0364. The molecule has 0 radical (unpaired) electrons. The predicted molar refractivity (Wildman–Crippen MR) is 99.3 cm³/mol. The molecule has 26 heavy (non-hydrogen) atoms. The molecular formula is C17H20N4O4S. The zero-order chi connectivity index (χ0) is 18.9. The van der Waals surface area contributed by atoms with Gasteiger partial charge in [0.2, 0.25) is 5.91 Å². The number of hydrogen-bond donors (Lipinski definition) is 1. The summed E-state index contributed by atoms with van der Waals surface area (Å²) in [6.45, 7) is 2.31. The molecule has 0 fully saturated rings. The molecule has 1 aromatic heterocycles. The van der Waals surface area contributed by atoms with E-state index in [1.807, 2.05) is 6.92 Å². The fraction of sp³-hybridized carbons (Fsp3) is 0.353. The second kappa shape index (κ2) is 9.62. The van der Waals surface area contributed by atoms with Gasteiger partial charge in [-0.15, -0.1) is 11.3 Å². The van der Waals surface area contributed by atoms with Crippen molar-refractivity contribution in [3.05, 3.63) is 51.5 Å². The number of non-ortho nitro benzene ring substituents is 1. The van der Waals surface area contributed by atoms with Crippen LogP contribution in [0.2, 0.25) is 0 Å². The molecule has 1 aromatic carbocycles. The van der Waals surface area contributed by atoms with Crippen molar-refractivity contribution < 1.29 is 14.5 Å². The van der Waals surface area contributed by atoms with Gasteiger partial charge < -0.3 is 10.2 Å². The number of aromatic nitrogens is 1. The topological polar surface area (TPSA) is 105 Å². The highest BCUT2D eigenvalue weighted by Gasteiger charge is 2.20. The summed E-state index contributed by atoms with van der Waals surface area (Å²) in [4.78, 5) is 40.7. The van der Waals surface area contributed by atoms with Gasteiger partial charge in [-0.1, -0.05) is 25.8 Å². The molecule has 2 aromatic rings. The minimum Gasteiger partial charge on any atom is -0.329 e. The molecule has 0 aliphatic rings. The highest BCUT2D eigenvalue weighted by atomic mass is 32.1. The van der Waals surface area contributed by atoms with Crippen LogP contribution in [0.25, 0.3) is 0 Å². The summed E-state index contributed by atoms with van der Waals surface area (Å²) in [5, 5.41) is 15.8. The van der Waals surface area contributed by atoms with Gasteiger partial charge in [-0.05, 0) is 12.5 Å². The molecule has 138 valence electrons. The fourth-order valence-electron chi connectivity index (χ4n) is 2.36. The Morgan fingerprint density at radius 3 is 2.81 bits per heavy atom. The molecule has 0 saturated heterocycles. The van der Waals surface area contributed by atoms with Crippen LogP contribution >= 0.6 is 11.3 Å². The van der Waals surface area contributed by atoms with Gasteiger partial charge in [-0.25, -0.2) is 4.98 Å². The number of benzene rings is 1. The Bertz CT molecular complexity index is 764. The summed E-state index contributed by atoms with van der Waals surface area (Å²) in [6.07, 6.45) is 4.23. The monoisotopic (exact) mass is 376 g/mol. The second-order valence-corrected chi connectivity index (χ2v) is 6.52. The Labute approximate surface area is 155 Å². The first-order valence-electron chi connectivity index (χ1n) is 8.24. The maximum absolute atomic E-state index is 12.8. The van der Waals surface area contributed by atoms with Gasteiger partial charge in [0.25, 0.3) is 11.6 Å². The molecule has 2 rings (SSSR count). The van der Waals surface area contributed by atoms with Crippen LogP contribution in [0, 0.1) is 10.1 Å². The van der Waals surface area contributed by atoms with Crippen molar-refractivity contribution >= 4 is 34.0 Å². The highest BCUT2D eigenvalue weighted by Crippen LogP contribution is 2.16. The van der Waals surface area contributed by atoms with E-state index in [1.54, 1.807) is 11.6 Å². The molecule has 8 nitrogen and oxygen atoms in total. The first-order chi connectivity index (χ1) is 12.5. The van der Waals surface area contributed by atoms with Gasteiger partial charge in [0.05, 0.1) is 4.92 Å². The minimum absolute atomic E-state index is 0.134. The van der Waals surface area contributed by atoms with Crippen molar-refractivity contribution in [2.45, 2.75) is 26.2 Å². The summed E-state index contributed by atoms with van der Waals surface area (Å²) in [5.74, 6) is -0.755. The molecule has 0 bridgehead atoms. The third-order valence-corrected chi connectivity index (χ3v) is 4.32. The number of anilines is 1. The first-order valence-corrected chi connectivity index (χ1v) is 9.12. The summed E-state index contributed by atoms with van der Waals surface area (Å²) < 4.78 is 0. The third-order valence-electron chi connectivity index (χ3n) is 3.64. The smallest absolute Gasteiger partial charge is 0.270 e. The normalized spacial score (nSPS) is 10.3. The Kier molecular flexibility index (Phi) is 7.22. The van der Waals surface area contributed by atoms with Crippen LogP contribution in [0.15, 0.2) is 35.8 Å². The van der Waals surface area contributed by atoms with Gasteiger partial charge in [0, 0.05) is 35.8 Å². The van der Waals surface area contributed by atoms with Crippen molar-refractivity contribution in [3.63, 3.8) is 0 Å². The number of nitrogens with zero attached hydrogens (tertiary/aromatic N) is 3. The lowest BCUT2D eigenvalue weighted by Gasteiger charge is -2.22. The Hall–Kier alpha value is -2.81. The van der Waals surface area contributed by atoms with E-state index in [0.29, 0.717) is 11.7 Å². The molecule has 0 atom stereocenters. The lowest BCUT2D eigenvalue weighted by atomic mass is 10.1. The number of rotatable bonds is 9. The summed E-state index contributed by atoms with van der Waals surface area (Å²) >= 11 is 1.29. The maximum atomic E-state index is 12.8. The van der Waals surface area contributed by atoms with Crippen LogP contribution in [0.4, 0.5) is 10.8 Å². The molecular weight excluding hydrogens is 356 g/mol. The van der Waals surface area contributed by atoms with E-state index in [9.17, 15) is 19.7 Å². The number of carbonyl (C=O) groups excluding carboxylic acids is 2. The molecule has 9 heteroatoms. The number of nitro groups is 1. The number of unbranched alkanes of at least 4 members (excludes halogenated alkanes) is 2. The highest BCUT2D eigenvalue weighted by molar-refractivity contribution is 7.13. The number of nitrogens with one attached hydrogen (secondary N) is 1. The van der Waals surface area contributed by atoms with Crippen LogP contribution in [-0.2, 0) is 4.79 Å². The molecule has 0 aliphatic carbocycles. The van der Waals surface area contributed by atoms with Crippen LogP contribution in [0.5, 0.6) is 0 Å². The number of thiazole rings is 1. The third kappa shape index (κ3) is 5.62. The van der Waals surface area contributed by atoms with Crippen molar-refractivity contribution in [1.29, 1.82) is 0 Å². The second-order valence-electron chi connectivity index (χ2n) is 5.63. The van der Waals surface area contributed by atoms with Gasteiger partial charge in [0.1, 0.15) is 6.54 Å². The van der Waals surface area contributed by atoms with E-state index >= 15 is 0 Å². The van der Waals surface area contributed by atoms with Crippen molar-refractivity contribution in [2.24, 2.45) is 0 Å². The SMILES string of the molecule is CCCCCN(CC(=O)Nc1nccs1)C(=O)c1cccc([N+](=O)[O-])c1. The number of carbonyl (C=O) groups is 2. The molecule has 2 amide bonds. The van der Waals surface area contributed by atoms with Gasteiger partial charge in [0.15, 0.2) is 5.13 Å². The Balaban J connectivity index is 2.11. The predicted octanol–water partition coefficient (Wildman–Crippen LogP) is 3.32. The van der Waals surface area contributed by atoms with Gasteiger partial charge >= 0.3 is 0 Å². The summed E-state index contributed by atoms with van der Waals surface area (Å²) in [7, 11) is 0. The average Bonchev–Trinajstić information content (AvgIpc) is 3.13. The van der Waals surface area contributed by atoms with Crippen LogP contribution in [0.3, 0.4) is 0 Å². The van der Waals surface area contributed by atoms with Crippen LogP contribution in [-0.4, -0.2) is 39.7 Å². The number of amides is 2. The average molecular weight is 376 g/mol. The van der Waals surface area contributed by atoms with E-state index in [4.69, 9.17) is 0 Å². The lowest BCUT2D eigenvalue weighted by molar-refractivity contribution is -0.384.